The SMILES string of the molecule is CC(c1cc(O)cc(O)c1)N1CCCC(CCN)C1. The van der Waals surface area contributed by atoms with E-state index in [1.165, 1.54) is 18.9 Å². The van der Waals surface area contributed by atoms with Crippen molar-refractivity contribution in [2.45, 2.75) is 32.2 Å². The highest BCUT2D eigenvalue weighted by Gasteiger charge is 2.24. The highest BCUT2D eigenvalue weighted by molar-refractivity contribution is 5.38. The van der Waals surface area contributed by atoms with Gasteiger partial charge in [-0.15, -0.1) is 0 Å². The average molecular weight is 264 g/mol. The molecule has 1 heterocycles. The molecule has 1 aromatic carbocycles. The van der Waals surface area contributed by atoms with E-state index in [4.69, 9.17) is 5.73 Å². The molecule has 0 saturated carbocycles. The van der Waals surface area contributed by atoms with E-state index in [0.29, 0.717) is 5.92 Å². The molecule has 1 aromatic rings. The lowest BCUT2D eigenvalue weighted by Gasteiger charge is -2.37. The third-order valence-electron chi connectivity index (χ3n) is 4.08. The molecular weight excluding hydrogens is 240 g/mol. The van der Waals surface area contributed by atoms with Gasteiger partial charge >= 0.3 is 0 Å². The molecule has 1 aliphatic rings. The lowest BCUT2D eigenvalue weighted by atomic mass is 9.92. The van der Waals surface area contributed by atoms with E-state index < -0.39 is 0 Å². The van der Waals surface area contributed by atoms with Gasteiger partial charge in [0.25, 0.3) is 0 Å². The molecule has 1 fully saturated rings. The van der Waals surface area contributed by atoms with E-state index in [9.17, 15) is 10.2 Å². The zero-order valence-electron chi connectivity index (χ0n) is 11.5. The normalized spacial score (nSPS) is 22.3. The van der Waals surface area contributed by atoms with E-state index in [2.05, 4.69) is 11.8 Å². The minimum absolute atomic E-state index is 0.123. The van der Waals surface area contributed by atoms with Crippen molar-refractivity contribution in [3.05, 3.63) is 23.8 Å². The number of phenolic OH excluding ortho intramolecular Hbond substituents is 2. The second-order valence-electron chi connectivity index (χ2n) is 5.54. The first-order chi connectivity index (χ1) is 9.10. The summed E-state index contributed by atoms with van der Waals surface area (Å²) in [6.45, 7) is 4.99. The number of nitrogens with zero attached hydrogens (tertiary/aromatic N) is 1. The van der Waals surface area contributed by atoms with Gasteiger partial charge in [-0.1, -0.05) is 0 Å². The molecule has 2 atom stereocenters. The van der Waals surface area contributed by atoms with Gasteiger partial charge in [-0.2, -0.15) is 0 Å². The molecule has 2 rings (SSSR count). The van der Waals surface area contributed by atoms with Crippen molar-refractivity contribution in [1.29, 1.82) is 0 Å². The Morgan fingerprint density at radius 1 is 1.32 bits per heavy atom. The minimum Gasteiger partial charge on any atom is -0.508 e. The summed E-state index contributed by atoms with van der Waals surface area (Å²) in [5.41, 5.74) is 6.61. The highest BCUT2D eigenvalue weighted by Crippen LogP contribution is 2.31. The third kappa shape index (κ3) is 3.61. The summed E-state index contributed by atoms with van der Waals surface area (Å²) in [5.74, 6) is 0.918. The van der Waals surface area contributed by atoms with Crippen LogP contribution in [0, 0.1) is 5.92 Å². The smallest absolute Gasteiger partial charge is 0.119 e. The number of aromatic hydroxyl groups is 2. The van der Waals surface area contributed by atoms with Crippen LogP contribution < -0.4 is 5.73 Å². The van der Waals surface area contributed by atoms with Gasteiger partial charge in [0.1, 0.15) is 11.5 Å². The molecule has 0 radical (unpaired) electrons. The molecule has 4 N–H and O–H groups in total. The average Bonchev–Trinajstić information content (AvgIpc) is 2.37. The maximum absolute atomic E-state index is 9.58. The molecule has 106 valence electrons. The van der Waals surface area contributed by atoms with Crippen molar-refractivity contribution in [2.24, 2.45) is 11.7 Å². The molecule has 2 unspecified atom stereocenters. The Morgan fingerprint density at radius 3 is 2.63 bits per heavy atom. The number of phenols is 2. The summed E-state index contributed by atoms with van der Waals surface area (Å²) in [4.78, 5) is 2.41. The maximum Gasteiger partial charge on any atom is 0.119 e. The van der Waals surface area contributed by atoms with Crippen LogP contribution in [0.4, 0.5) is 0 Å². The van der Waals surface area contributed by atoms with Gasteiger partial charge in [0, 0.05) is 18.7 Å². The monoisotopic (exact) mass is 264 g/mol. The van der Waals surface area contributed by atoms with Crippen molar-refractivity contribution in [3.8, 4) is 11.5 Å². The van der Waals surface area contributed by atoms with Crippen molar-refractivity contribution < 1.29 is 10.2 Å². The van der Waals surface area contributed by atoms with Crippen LogP contribution in [-0.4, -0.2) is 34.7 Å². The van der Waals surface area contributed by atoms with Crippen molar-refractivity contribution >= 4 is 0 Å². The van der Waals surface area contributed by atoms with Crippen LogP contribution in [-0.2, 0) is 0 Å². The topological polar surface area (TPSA) is 69.7 Å². The van der Waals surface area contributed by atoms with Crippen LogP contribution in [0.5, 0.6) is 11.5 Å². The van der Waals surface area contributed by atoms with Crippen LogP contribution in [0.2, 0.25) is 0 Å². The second kappa shape index (κ2) is 6.26. The van der Waals surface area contributed by atoms with E-state index >= 15 is 0 Å². The summed E-state index contributed by atoms with van der Waals surface area (Å²) in [7, 11) is 0. The summed E-state index contributed by atoms with van der Waals surface area (Å²) < 4.78 is 0. The van der Waals surface area contributed by atoms with E-state index in [0.717, 1.165) is 31.6 Å². The quantitative estimate of drug-likeness (QED) is 0.780. The first-order valence-corrected chi connectivity index (χ1v) is 7.07. The molecule has 4 heteroatoms. The fraction of sp³-hybridized carbons (Fsp3) is 0.600. The Kier molecular flexibility index (Phi) is 4.66. The fourth-order valence-corrected chi connectivity index (χ4v) is 2.99. The number of hydrogen-bond acceptors (Lipinski definition) is 4. The lowest BCUT2D eigenvalue weighted by molar-refractivity contribution is 0.128. The predicted molar refractivity (Wildman–Crippen MR) is 76.2 cm³/mol. The van der Waals surface area contributed by atoms with Crippen LogP contribution >= 0.6 is 0 Å². The number of nitrogens with two attached hydrogens (primary N) is 1. The summed E-state index contributed by atoms with van der Waals surface area (Å²) in [6, 6.07) is 5.04. The van der Waals surface area contributed by atoms with Crippen LogP contribution in [0.1, 0.15) is 37.8 Å². The number of hydrogen-bond donors (Lipinski definition) is 3. The van der Waals surface area contributed by atoms with Gasteiger partial charge < -0.3 is 15.9 Å². The molecule has 0 bridgehead atoms. The number of likely N-dealkylation sites (tertiary alicyclic amines) is 1. The molecule has 0 aliphatic carbocycles. The second-order valence-corrected chi connectivity index (χ2v) is 5.54. The van der Waals surface area contributed by atoms with Gasteiger partial charge in [0.2, 0.25) is 0 Å². The summed E-state index contributed by atoms with van der Waals surface area (Å²) in [5, 5.41) is 19.2. The summed E-state index contributed by atoms with van der Waals surface area (Å²) >= 11 is 0. The molecule has 1 saturated heterocycles. The molecule has 19 heavy (non-hydrogen) atoms. The highest BCUT2D eigenvalue weighted by atomic mass is 16.3. The van der Waals surface area contributed by atoms with E-state index in [-0.39, 0.29) is 17.5 Å². The first-order valence-electron chi connectivity index (χ1n) is 7.07. The Balaban J connectivity index is 2.07. The van der Waals surface area contributed by atoms with E-state index in [1.54, 1.807) is 12.1 Å². The first kappa shape index (κ1) is 14.2. The van der Waals surface area contributed by atoms with Gasteiger partial charge in [-0.3, -0.25) is 4.90 Å². The number of rotatable bonds is 4. The van der Waals surface area contributed by atoms with Gasteiger partial charge in [-0.25, -0.2) is 0 Å². The van der Waals surface area contributed by atoms with Crippen molar-refractivity contribution in [1.82, 2.24) is 4.90 Å². The third-order valence-corrected chi connectivity index (χ3v) is 4.08. The van der Waals surface area contributed by atoms with Crippen LogP contribution in [0.15, 0.2) is 18.2 Å². The standard InChI is InChI=1S/C15H24N2O2/c1-11(13-7-14(18)9-15(19)8-13)17-6-2-3-12(10-17)4-5-16/h7-9,11-12,18-19H,2-6,10,16H2,1H3. The lowest BCUT2D eigenvalue weighted by Crippen LogP contribution is -2.37. The molecule has 0 spiro atoms. The Hall–Kier alpha value is -1.26. The Morgan fingerprint density at radius 2 is 2.00 bits per heavy atom. The van der Waals surface area contributed by atoms with E-state index in [1.807, 2.05) is 0 Å². The molecule has 4 nitrogen and oxygen atoms in total. The Bertz CT molecular complexity index is 400. The number of piperidine rings is 1. The zero-order chi connectivity index (χ0) is 13.8. The molecule has 0 aromatic heterocycles. The van der Waals surface area contributed by atoms with Gasteiger partial charge in [-0.05, 0) is 62.9 Å². The van der Waals surface area contributed by atoms with Gasteiger partial charge in [0.15, 0.2) is 0 Å². The van der Waals surface area contributed by atoms with Crippen molar-refractivity contribution in [3.63, 3.8) is 0 Å². The molecular formula is C15H24N2O2. The largest absolute Gasteiger partial charge is 0.508 e. The van der Waals surface area contributed by atoms with Crippen LogP contribution in [0.25, 0.3) is 0 Å². The molecule has 1 aliphatic heterocycles. The summed E-state index contributed by atoms with van der Waals surface area (Å²) in [6.07, 6.45) is 3.53. The van der Waals surface area contributed by atoms with Crippen molar-refractivity contribution in [2.75, 3.05) is 19.6 Å². The minimum atomic E-state index is 0.123. The maximum atomic E-state index is 9.58. The fourth-order valence-electron chi connectivity index (χ4n) is 2.99. The predicted octanol–water partition coefficient (Wildman–Crippen LogP) is 2.22. The van der Waals surface area contributed by atoms with Gasteiger partial charge in [0.05, 0.1) is 0 Å². The Labute approximate surface area is 114 Å². The van der Waals surface area contributed by atoms with Crippen LogP contribution in [0.3, 0.4) is 0 Å². The zero-order valence-corrected chi connectivity index (χ0v) is 11.5. The number of benzene rings is 1. The molecule has 0 amide bonds.